The minimum Gasteiger partial charge on any atom is -0.466 e. The maximum absolute atomic E-state index is 12.1. The molecule has 8 aromatic carbocycles. The van der Waals surface area contributed by atoms with Crippen molar-refractivity contribution in [1.29, 1.82) is 0 Å². The lowest BCUT2D eigenvalue weighted by Gasteiger charge is -2.25. The van der Waals surface area contributed by atoms with Crippen LogP contribution in [-0.2, 0) is 63.8 Å². The minimum absolute atomic E-state index is 0.259. The first-order chi connectivity index (χ1) is 34.6. The summed E-state index contributed by atoms with van der Waals surface area (Å²) in [5.41, 5.74) is 4.40. The lowest BCUT2D eigenvalue weighted by Crippen LogP contribution is -2.06. The smallest absolute Gasteiger partial charge is 0.302 e. The highest BCUT2D eigenvalue weighted by Crippen LogP contribution is 2.52. The summed E-state index contributed by atoms with van der Waals surface area (Å²) in [7, 11) is 0. The normalized spacial score (nSPS) is 11.3. The van der Waals surface area contributed by atoms with Crippen LogP contribution in [0.1, 0.15) is 75.6 Å². The Hall–Kier alpha value is -6.82. The van der Waals surface area contributed by atoms with Crippen LogP contribution in [0.15, 0.2) is 153 Å². The third-order valence-corrected chi connectivity index (χ3v) is 14.4. The van der Waals surface area contributed by atoms with Crippen LogP contribution in [0, 0.1) is 0 Å². The van der Waals surface area contributed by atoms with E-state index in [-0.39, 0.29) is 50.3 Å². The molecule has 0 saturated carbocycles. The molecular formula is C60H58O9S2. The summed E-state index contributed by atoms with van der Waals surface area (Å²) in [4.78, 5) is 51.9. The van der Waals surface area contributed by atoms with Crippen LogP contribution in [0.4, 0.5) is 0 Å². The number of carbonyl (C=O) groups is 4. The molecule has 71 heavy (non-hydrogen) atoms. The number of esters is 4. The third kappa shape index (κ3) is 12.6. The predicted octanol–water partition coefficient (Wildman–Crippen LogP) is 14.4. The summed E-state index contributed by atoms with van der Waals surface area (Å²) in [6.45, 7) is 6.82. The van der Waals surface area contributed by atoms with Crippen LogP contribution in [-0.4, -0.2) is 50.3 Å². The second-order valence-corrected chi connectivity index (χ2v) is 19.6. The molecule has 0 radical (unpaired) electrons. The number of rotatable bonds is 22. The molecule has 0 saturated heterocycles. The van der Waals surface area contributed by atoms with Crippen molar-refractivity contribution in [3.63, 3.8) is 0 Å². The Labute approximate surface area is 423 Å². The first-order valence-electron chi connectivity index (χ1n) is 24.2. The van der Waals surface area contributed by atoms with Crippen molar-refractivity contribution >= 4 is 90.5 Å². The summed E-state index contributed by atoms with van der Waals surface area (Å²) in [5, 5.41) is 8.31. The number of ether oxygens (including phenoxy) is 5. The van der Waals surface area contributed by atoms with Crippen molar-refractivity contribution in [3.8, 4) is 11.5 Å². The van der Waals surface area contributed by atoms with Gasteiger partial charge in [-0.1, -0.05) is 121 Å². The quantitative estimate of drug-likeness (QED) is 0.0280. The van der Waals surface area contributed by atoms with Crippen LogP contribution in [0.3, 0.4) is 0 Å². The zero-order chi connectivity index (χ0) is 49.7. The van der Waals surface area contributed by atoms with Gasteiger partial charge in [-0.05, 0) is 142 Å². The summed E-state index contributed by atoms with van der Waals surface area (Å²) in [6.07, 6.45) is 4.86. The van der Waals surface area contributed by atoms with Gasteiger partial charge in [0.05, 0.1) is 36.2 Å². The van der Waals surface area contributed by atoms with Crippen molar-refractivity contribution in [2.45, 2.75) is 98.6 Å². The molecule has 0 fully saturated rings. The van der Waals surface area contributed by atoms with E-state index in [1.54, 1.807) is 23.5 Å². The van der Waals surface area contributed by atoms with Gasteiger partial charge in [-0.15, -0.1) is 0 Å². The van der Waals surface area contributed by atoms with Gasteiger partial charge in [0.2, 0.25) is 0 Å². The van der Waals surface area contributed by atoms with E-state index in [0.717, 1.165) is 84.9 Å². The highest BCUT2D eigenvalue weighted by atomic mass is 32.2. The molecule has 9 nitrogen and oxygen atoms in total. The van der Waals surface area contributed by atoms with Gasteiger partial charge in [-0.25, -0.2) is 0 Å². The molecule has 11 heteroatoms. The van der Waals surface area contributed by atoms with Crippen LogP contribution in [0.25, 0.3) is 43.1 Å². The van der Waals surface area contributed by atoms with Crippen molar-refractivity contribution in [1.82, 2.24) is 0 Å². The van der Waals surface area contributed by atoms with E-state index in [4.69, 9.17) is 23.7 Å². The van der Waals surface area contributed by atoms with Gasteiger partial charge in [-0.2, -0.15) is 0 Å². The second-order valence-electron chi connectivity index (χ2n) is 17.3. The molecule has 0 aliphatic carbocycles. The van der Waals surface area contributed by atoms with Crippen molar-refractivity contribution in [2.75, 3.05) is 26.4 Å². The van der Waals surface area contributed by atoms with Crippen LogP contribution in [0.5, 0.6) is 11.5 Å². The first-order valence-corrected chi connectivity index (χ1v) is 25.9. The van der Waals surface area contributed by atoms with E-state index < -0.39 is 0 Å². The van der Waals surface area contributed by atoms with Gasteiger partial charge in [0.1, 0.15) is 11.5 Å². The zero-order valence-electron chi connectivity index (χ0n) is 40.7. The minimum atomic E-state index is -0.324. The van der Waals surface area contributed by atoms with Gasteiger partial charge in [0.25, 0.3) is 0 Å². The third-order valence-electron chi connectivity index (χ3n) is 12.3. The SMILES string of the molecule is CC(=O)OCCCc1c2ccccc2c(CCCOC(C)=O)c2c(Oc3c(Sc4ccccc4)ccc4c(CCCOC(C)=O)c5ccccc5c(CCCOC(C)=O)c34)c(Sc3ccccc3)ccc12. The summed E-state index contributed by atoms with van der Waals surface area (Å²) in [6, 6.07) is 46.2. The summed E-state index contributed by atoms with van der Waals surface area (Å²) in [5.74, 6) is 0.120. The molecule has 0 heterocycles. The van der Waals surface area contributed by atoms with Crippen LogP contribution in [0.2, 0.25) is 0 Å². The van der Waals surface area contributed by atoms with Crippen molar-refractivity contribution < 1.29 is 42.9 Å². The Bertz CT molecular complexity index is 2990. The molecule has 8 rings (SSSR count). The summed E-state index contributed by atoms with van der Waals surface area (Å²) >= 11 is 3.27. The number of hydrogen-bond acceptors (Lipinski definition) is 11. The predicted molar refractivity (Wildman–Crippen MR) is 284 cm³/mol. The molecule has 0 amide bonds. The molecular weight excluding hydrogens is 929 g/mol. The van der Waals surface area contributed by atoms with Gasteiger partial charge in [0, 0.05) is 48.3 Å². The molecule has 0 atom stereocenters. The summed E-state index contributed by atoms with van der Waals surface area (Å²) < 4.78 is 30.0. The highest BCUT2D eigenvalue weighted by molar-refractivity contribution is 7.99. The standard InChI is InChI=1S/C60H58O9S2/c1-39(61)65-35-15-27-49-45-23-11-13-25-47(45)51(29-17-37-67-41(3)63)57-53(49)31-33-55(70-43-19-7-5-8-20-43)59(57)69-60-56(71-44-21-9-6-10-22-44)34-32-54-50(28-16-36-66-40(2)62)46-24-12-14-26-48(46)52(58(54)60)30-18-38-68-42(4)64/h5-14,19-26,31-34H,15-18,27-30,35-38H2,1-4H3. The number of aryl methyl sites for hydroxylation is 4. The number of benzene rings is 8. The molecule has 364 valence electrons. The Morgan fingerprint density at radius 3 is 0.972 bits per heavy atom. The molecule has 0 spiro atoms. The fourth-order valence-electron chi connectivity index (χ4n) is 9.42. The Balaban J connectivity index is 1.46. The van der Waals surface area contributed by atoms with Gasteiger partial charge < -0.3 is 23.7 Å². The fourth-order valence-corrected chi connectivity index (χ4v) is 11.3. The zero-order valence-corrected chi connectivity index (χ0v) is 42.3. The van der Waals surface area contributed by atoms with Gasteiger partial charge in [-0.3, -0.25) is 19.2 Å². The molecule has 0 aliphatic heterocycles. The number of carbonyl (C=O) groups excluding carboxylic acids is 4. The van der Waals surface area contributed by atoms with Crippen LogP contribution >= 0.6 is 23.5 Å². The highest BCUT2D eigenvalue weighted by Gasteiger charge is 2.26. The van der Waals surface area contributed by atoms with E-state index in [1.165, 1.54) is 27.7 Å². The fraction of sp³-hybridized carbons (Fsp3) is 0.267. The van der Waals surface area contributed by atoms with E-state index in [9.17, 15) is 19.2 Å². The lowest BCUT2D eigenvalue weighted by atomic mass is 9.87. The number of hydrogen-bond donors (Lipinski definition) is 0. The monoisotopic (exact) mass is 986 g/mol. The van der Waals surface area contributed by atoms with E-state index >= 15 is 0 Å². The van der Waals surface area contributed by atoms with Gasteiger partial charge in [0.15, 0.2) is 0 Å². The maximum Gasteiger partial charge on any atom is 0.302 e. The second kappa shape index (κ2) is 24.3. The molecule has 0 bridgehead atoms. The topological polar surface area (TPSA) is 114 Å². The Morgan fingerprint density at radius 1 is 0.352 bits per heavy atom. The van der Waals surface area contributed by atoms with E-state index in [2.05, 4.69) is 97.1 Å². The Kier molecular flexibility index (Phi) is 17.3. The molecule has 0 N–H and O–H groups in total. The van der Waals surface area contributed by atoms with Gasteiger partial charge >= 0.3 is 23.9 Å². The molecule has 0 unspecified atom stereocenters. The lowest BCUT2D eigenvalue weighted by molar-refractivity contribution is -0.142. The average Bonchev–Trinajstić information content (AvgIpc) is 3.36. The Morgan fingerprint density at radius 2 is 0.648 bits per heavy atom. The molecule has 0 aliphatic rings. The first kappa shape index (κ1) is 50.6. The van der Waals surface area contributed by atoms with Crippen molar-refractivity contribution in [2.24, 2.45) is 0 Å². The van der Waals surface area contributed by atoms with Crippen molar-refractivity contribution in [3.05, 3.63) is 156 Å². The molecule has 8 aromatic rings. The van der Waals surface area contributed by atoms with E-state index in [1.807, 2.05) is 36.4 Å². The number of fused-ring (bicyclic) bond motifs is 4. The molecule has 0 aromatic heterocycles. The maximum atomic E-state index is 12.1. The van der Waals surface area contributed by atoms with E-state index in [0.29, 0.717) is 62.9 Å². The van der Waals surface area contributed by atoms with Crippen LogP contribution < -0.4 is 4.74 Å². The largest absolute Gasteiger partial charge is 0.466 e. The average molecular weight is 987 g/mol.